The van der Waals surface area contributed by atoms with Gasteiger partial charge in [0.25, 0.3) is 5.91 Å². The van der Waals surface area contributed by atoms with Gasteiger partial charge in [-0.05, 0) is 23.8 Å². The summed E-state index contributed by atoms with van der Waals surface area (Å²) in [5, 5.41) is 12.5. The van der Waals surface area contributed by atoms with Gasteiger partial charge in [-0.1, -0.05) is 26.0 Å². The van der Waals surface area contributed by atoms with Crippen molar-refractivity contribution in [1.29, 1.82) is 0 Å². The van der Waals surface area contributed by atoms with Crippen LogP contribution in [0.4, 0.5) is 5.69 Å². The summed E-state index contributed by atoms with van der Waals surface area (Å²) in [7, 11) is 0. The molecule has 0 saturated carbocycles. The second kappa shape index (κ2) is 6.15. The van der Waals surface area contributed by atoms with E-state index in [0.29, 0.717) is 11.7 Å². The molecule has 0 radical (unpaired) electrons. The van der Waals surface area contributed by atoms with Gasteiger partial charge in [0.2, 0.25) is 0 Å². The average molecular weight is 258 g/mol. The molecular formula is C14H18N4O. The molecule has 100 valence electrons. The summed E-state index contributed by atoms with van der Waals surface area (Å²) in [5.41, 5.74) is 2.41. The number of rotatable bonds is 5. The first kappa shape index (κ1) is 13.3. The standard InChI is InChI=1S/C14H18N4O/c1-10(2)15-9-11-3-5-12(6-4-11)17-14(19)13-7-8-16-18-13/h3-8,10,15H,9H2,1-2H3,(H,16,18)(H,17,19). The normalized spacial score (nSPS) is 10.7. The van der Waals surface area contributed by atoms with Crippen LogP contribution in [0.1, 0.15) is 29.9 Å². The van der Waals surface area contributed by atoms with E-state index in [1.54, 1.807) is 12.3 Å². The SMILES string of the molecule is CC(C)NCc1ccc(NC(=O)c2ccn[nH]2)cc1. The third-order valence-corrected chi connectivity index (χ3v) is 2.67. The number of H-pyrrole nitrogens is 1. The monoisotopic (exact) mass is 258 g/mol. The lowest BCUT2D eigenvalue weighted by molar-refractivity contribution is 0.102. The smallest absolute Gasteiger partial charge is 0.273 e. The van der Waals surface area contributed by atoms with Crippen LogP contribution in [0.15, 0.2) is 36.5 Å². The largest absolute Gasteiger partial charge is 0.321 e. The summed E-state index contributed by atoms with van der Waals surface area (Å²) in [6, 6.07) is 9.88. The number of aromatic nitrogens is 2. The number of carbonyl (C=O) groups is 1. The number of hydrogen-bond donors (Lipinski definition) is 3. The highest BCUT2D eigenvalue weighted by Gasteiger charge is 2.06. The predicted octanol–water partition coefficient (Wildman–Crippen LogP) is 2.16. The van der Waals surface area contributed by atoms with Crippen molar-refractivity contribution < 1.29 is 4.79 Å². The molecule has 2 rings (SSSR count). The van der Waals surface area contributed by atoms with Crippen LogP contribution in [0, 0.1) is 0 Å². The van der Waals surface area contributed by atoms with Gasteiger partial charge in [0, 0.05) is 24.5 Å². The Morgan fingerprint density at radius 1 is 1.26 bits per heavy atom. The third-order valence-electron chi connectivity index (χ3n) is 2.67. The highest BCUT2D eigenvalue weighted by atomic mass is 16.1. The molecule has 1 aromatic heterocycles. The van der Waals surface area contributed by atoms with E-state index in [1.807, 2.05) is 24.3 Å². The van der Waals surface area contributed by atoms with Gasteiger partial charge < -0.3 is 10.6 Å². The summed E-state index contributed by atoms with van der Waals surface area (Å²) in [6.45, 7) is 5.05. The van der Waals surface area contributed by atoms with Gasteiger partial charge in [0.1, 0.15) is 5.69 Å². The Morgan fingerprint density at radius 3 is 2.58 bits per heavy atom. The maximum Gasteiger partial charge on any atom is 0.273 e. The van der Waals surface area contributed by atoms with Gasteiger partial charge in [-0.25, -0.2) is 0 Å². The minimum atomic E-state index is -0.189. The lowest BCUT2D eigenvalue weighted by atomic mass is 10.2. The summed E-state index contributed by atoms with van der Waals surface area (Å²) in [4.78, 5) is 11.8. The minimum Gasteiger partial charge on any atom is -0.321 e. The van der Waals surface area contributed by atoms with Crippen LogP contribution in [0.5, 0.6) is 0 Å². The molecule has 1 amide bonds. The number of nitrogens with one attached hydrogen (secondary N) is 3. The van der Waals surface area contributed by atoms with Crippen molar-refractivity contribution in [3.05, 3.63) is 47.8 Å². The van der Waals surface area contributed by atoms with Crippen LogP contribution in [0.2, 0.25) is 0 Å². The maximum atomic E-state index is 11.8. The fourth-order valence-corrected chi connectivity index (χ4v) is 1.61. The lowest BCUT2D eigenvalue weighted by Crippen LogP contribution is -2.21. The average Bonchev–Trinajstić information content (AvgIpc) is 2.92. The summed E-state index contributed by atoms with van der Waals surface area (Å²) < 4.78 is 0. The van der Waals surface area contributed by atoms with Crippen LogP contribution < -0.4 is 10.6 Å². The van der Waals surface area contributed by atoms with Crippen molar-refractivity contribution in [1.82, 2.24) is 15.5 Å². The Morgan fingerprint density at radius 2 is 2.00 bits per heavy atom. The molecule has 0 aliphatic rings. The van der Waals surface area contributed by atoms with Gasteiger partial charge in [0.05, 0.1) is 0 Å². The van der Waals surface area contributed by atoms with E-state index >= 15 is 0 Å². The van der Waals surface area contributed by atoms with E-state index in [1.165, 1.54) is 5.56 Å². The molecule has 0 aliphatic heterocycles. The molecule has 0 atom stereocenters. The topological polar surface area (TPSA) is 69.8 Å². The molecule has 1 heterocycles. The van der Waals surface area contributed by atoms with Crippen molar-refractivity contribution in [2.45, 2.75) is 26.4 Å². The van der Waals surface area contributed by atoms with Gasteiger partial charge in [-0.2, -0.15) is 5.10 Å². The van der Waals surface area contributed by atoms with Crippen molar-refractivity contribution in [2.75, 3.05) is 5.32 Å². The molecule has 0 saturated heterocycles. The number of carbonyl (C=O) groups excluding carboxylic acids is 1. The number of benzene rings is 1. The Hall–Kier alpha value is -2.14. The van der Waals surface area contributed by atoms with Crippen molar-refractivity contribution in [3.8, 4) is 0 Å². The van der Waals surface area contributed by atoms with Gasteiger partial charge in [0.15, 0.2) is 0 Å². The van der Waals surface area contributed by atoms with Crippen LogP contribution >= 0.6 is 0 Å². The van der Waals surface area contributed by atoms with E-state index < -0.39 is 0 Å². The fraction of sp³-hybridized carbons (Fsp3) is 0.286. The Labute approximate surface area is 112 Å². The lowest BCUT2D eigenvalue weighted by Gasteiger charge is -2.09. The second-order valence-corrected chi connectivity index (χ2v) is 4.66. The fourth-order valence-electron chi connectivity index (χ4n) is 1.61. The molecule has 1 aromatic carbocycles. The van der Waals surface area contributed by atoms with E-state index in [4.69, 9.17) is 0 Å². The number of hydrogen-bond acceptors (Lipinski definition) is 3. The molecule has 19 heavy (non-hydrogen) atoms. The highest BCUT2D eigenvalue weighted by Crippen LogP contribution is 2.10. The highest BCUT2D eigenvalue weighted by molar-refractivity contribution is 6.02. The van der Waals surface area contributed by atoms with Crippen LogP contribution in [-0.2, 0) is 6.54 Å². The molecule has 0 aliphatic carbocycles. The van der Waals surface area contributed by atoms with Gasteiger partial charge in [-0.15, -0.1) is 0 Å². The number of aromatic amines is 1. The van der Waals surface area contributed by atoms with Gasteiger partial charge in [-0.3, -0.25) is 9.89 Å². The zero-order valence-electron chi connectivity index (χ0n) is 11.1. The van der Waals surface area contributed by atoms with Crippen molar-refractivity contribution in [3.63, 3.8) is 0 Å². The van der Waals surface area contributed by atoms with Crippen molar-refractivity contribution in [2.24, 2.45) is 0 Å². The van der Waals surface area contributed by atoms with Crippen LogP contribution in [-0.4, -0.2) is 22.1 Å². The van der Waals surface area contributed by atoms with E-state index in [2.05, 4.69) is 34.7 Å². The minimum absolute atomic E-state index is 0.189. The van der Waals surface area contributed by atoms with E-state index in [9.17, 15) is 4.79 Å². The van der Waals surface area contributed by atoms with Crippen LogP contribution in [0.25, 0.3) is 0 Å². The molecule has 5 nitrogen and oxygen atoms in total. The van der Waals surface area contributed by atoms with Crippen LogP contribution in [0.3, 0.4) is 0 Å². The molecule has 5 heteroatoms. The predicted molar refractivity (Wildman–Crippen MR) is 75.0 cm³/mol. The number of amides is 1. The first-order valence-corrected chi connectivity index (χ1v) is 6.28. The molecule has 2 aromatic rings. The maximum absolute atomic E-state index is 11.8. The molecule has 0 spiro atoms. The Bertz CT molecular complexity index is 517. The molecule has 0 unspecified atom stereocenters. The Balaban J connectivity index is 1.93. The second-order valence-electron chi connectivity index (χ2n) is 4.66. The summed E-state index contributed by atoms with van der Waals surface area (Å²) in [5.74, 6) is -0.189. The Kier molecular flexibility index (Phi) is 4.30. The first-order valence-electron chi connectivity index (χ1n) is 6.28. The van der Waals surface area contributed by atoms with E-state index in [0.717, 1.165) is 12.2 Å². The zero-order chi connectivity index (χ0) is 13.7. The quantitative estimate of drug-likeness (QED) is 0.769. The molecular weight excluding hydrogens is 240 g/mol. The molecule has 0 bridgehead atoms. The third kappa shape index (κ3) is 3.93. The zero-order valence-corrected chi connectivity index (χ0v) is 11.1. The van der Waals surface area contributed by atoms with Crippen molar-refractivity contribution >= 4 is 11.6 Å². The van der Waals surface area contributed by atoms with Gasteiger partial charge >= 0.3 is 0 Å². The molecule has 3 N–H and O–H groups in total. The molecule has 0 fully saturated rings. The summed E-state index contributed by atoms with van der Waals surface area (Å²) >= 11 is 0. The summed E-state index contributed by atoms with van der Waals surface area (Å²) in [6.07, 6.45) is 1.55. The van der Waals surface area contributed by atoms with E-state index in [-0.39, 0.29) is 5.91 Å². The first-order chi connectivity index (χ1) is 9.15. The number of anilines is 1. The number of nitrogens with zero attached hydrogens (tertiary/aromatic N) is 1.